The van der Waals surface area contributed by atoms with Gasteiger partial charge < -0.3 is 19.7 Å². The Morgan fingerprint density at radius 1 is 0.900 bits per heavy atom. The molecule has 3 unspecified atom stereocenters. The minimum Gasteiger partial charge on any atom is -0.496 e. The zero-order valence-corrected chi connectivity index (χ0v) is 25.2. The minimum absolute atomic E-state index is 0.0393. The summed E-state index contributed by atoms with van der Waals surface area (Å²) in [6, 6.07) is 17.4. The molecule has 5 heteroatoms. The van der Waals surface area contributed by atoms with Crippen LogP contribution in [-0.2, 0) is 16.1 Å². The van der Waals surface area contributed by atoms with Crippen molar-refractivity contribution in [1.82, 2.24) is 10.2 Å². The smallest absolute Gasteiger partial charge is 0.226 e. The Balaban J connectivity index is 1.47. The Morgan fingerprint density at radius 3 is 2.23 bits per heavy atom. The van der Waals surface area contributed by atoms with E-state index in [-0.39, 0.29) is 29.5 Å². The van der Waals surface area contributed by atoms with E-state index in [1.165, 1.54) is 55.2 Å². The third-order valence-electron chi connectivity index (χ3n) is 10.2. The monoisotopic (exact) mass is 546 g/mol. The summed E-state index contributed by atoms with van der Waals surface area (Å²) in [6.45, 7) is 5.74. The van der Waals surface area contributed by atoms with E-state index in [9.17, 15) is 4.79 Å². The van der Waals surface area contributed by atoms with Crippen LogP contribution < -0.4 is 10.1 Å². The molecule has 5 nitrogen and oxygen atoms in total. The second kappa shape index (κ2) is 13.1. The van der Waals surface area contributed by atoms with Gasteiger partial charge in [0, 0.05) is 43.6 Å². The van der Waals surface area contributed by atoms with Crippen LogP contribution in [0.4, 0.5) is 0 Å². The summed E-state index contributed by atoms with van der Waals surface area (Å²) in [5.74, 6) is 2.18. The number of ether oxygens (including phenoxy) is 2. The van der Waals surface area contributed by atoms with E-state index in [0.29, 0.717) is 24.9 Å². The predicted molar refractivity (Wildman–Crippen MR) is 161 cm³/mol. The molecule has 0 aromatic heterocycles. The van der Waals surface area contributed by atoms with E-state index in [1.807, 2.05) is 0 Å². The van der Waals surface area contributed by atoms with Gasteiger partial charge in [0.15, 0.2) is 0 Å². The van der Waals surface area contributed by atoms with Gasteiger partial charge in [0.25, 0.3) is 0 Å². The first-order valence-electron chi connectivity index (χ1n) is 15.7. The lowest BCUT2D eigenvalue weighted by molar-refractivity contribution is -0.138. The molecule has 3 aliphatic rings. The van der Waals surface area contributed by atoms with Crippen LogP contribution >= 0.6 is 0 Å². The number of carbonyl (C=O) groups excluding carboxylic acids is 1. The number of hydrogen-bond donors (Lipinski definition) is 1. The highest BCUT2D eigenvalue weighted by atomic mass is 16.5. The number of likely N-dealkylation sites (tertiary alicyclic amines) is 1. The first-order chi connectivity index (χ1) is 19.4. The molecular weight excluding hydrogens is 496 g/mol. The molecule has 1 saturated heterocycles. The first-order valence-corrected chi connectivity index (χ1v) is 15.7. The predicted octanol–water partition coefficient (Wildman–Crippen LogP) is 7.41. The minimum atomic E-state index is -0.389. The van der Waals surface area contributed by atoms with Gasteiger partial charge in [0.05, 0.1) is 18.8 Å². The molecule has 1 amide bonds. The van der Waals surface area contributed by atoms with Crippen molar-refractivity contribution in [3.63, 3.8) is 0 Å². The molecule has 218 valence electrons. The summed E-state index contributed by atoms with van der Waals surface area (Å²) < 4.78 is 11.9. The highest BCUT2D eigenvalue weighted by molar-refractivity contribution is 5.80. The lowest BCUT2D eigenvalue weighted by Crippen LogP contribution is -2.47. The van der Waals surface area contributed by atoms with Gasteiger partial charge in [-0.2, -0.15) is 0 Å². The second-order valence-electron chi connectivity index (χ2n) is 12.9. The third-order valence-corrected chi connectivity index (χ3v) is 10.2. The topological polar surface area (TPSA) is 50.8 Å². The molecule has 3 atom stereocenters. The van der Waals surface area contributed by atoms with Gasteiger partial charge in [-0.25, -0.2) is 0 Å². The molecule has 5 rings (SSSR count). The van der Waals surface area contributed by atoms with Gasteiger partial charge in [-0.15, -0.1) is 0 Å². The quantitative estimate of drug-likeness (QED) is 0.356. The average Bonchev–Trinajstić information content (AvgIpc) is 3.41. The van der Waals surface area contributed by atoms with Crippen molar-refractivity contribution >= 4 is 5.91 Å². The van der Waals surface area contributed by atoms with E-state index in [0.717, 1.165) is 31.4 Å². The zero-order valence-electron chi connectivity index (χ0n) is 25.2. The van der Waals surface area contributed by atoms with Gasteiger partial charge >= 0.3 is 0 Å². The fourth-order valence-corrected chi connectivity index (χ4v) is 7.61. The van der Waals surface area contributed by atoms with Gasteiger partial charge in [-0.05, 0) is 62.6 Å². The SMILES string of the molecule is COc1ccc(C2CCCCC2)cc1CNC1C(c2ccccc2)N(C(=O)C2CCCCC2)CC1C(C)(C)OC. The van der Waals surface area contributed by atoms with Gasteiger partial charge in [-0.1, -0.05) is 81.0 Å². The summed E-state index contributed by atoms with van der Waals surface area (Å²) in [6.07, 6.45) is 12.1. The number of benzene rings is 2. The Morgan fingerprint density at radius 2 is 1.57 bits per heavy atom. The Labute approximate surface area is 242 Å². The standard InChI is InChI=1S/C35H50N2O3/c1-35(2,40-4)30-24-37(34(38)27-18-12-7-13-19-27)33(26-16-10-6-11-17-26)32(30)36-23-29-22-28(20-21-31(29)39-3)25-14-8-5-9-15-25/h6,10-11,16-17,20-22,25,27,30,32-33,36H,5,7-9,12-15,18-19,23-24H2,1-4H3. The fourth-order valence-electron chi connectivity index (χ4n) is 7.61. The first kappa shape index (κ1) is 29.1. The zero-order chi connectivity index (χ0) is 28.1. The lowest BCUT2D eigenvalue weighted by atomic mass is 9.82. The summed E-state index contributed by atoms with van der Waals surface area (Å²) in [5, 5.41) is 3.98. The van der Waals surface area contributed by atoms with Crippen LogP contribution in [0.5, 0.6) is 5.75 Å². The van der Waals surface area contributed by atoms with Crippen molar-refractivity contribution < 1.29 is 14.3 Å². The molecule has 1 heterocycles. The van der Waals surface area contributed by atoms with Crippen molar-refractivity contribution in [3.05, 3.63) is 65.2 Å². The maximum Gasteiger partial charge on any atom is 0.226 e. The van der Waals surface area contributed by atoms with E-state index < -0.39 is 0 Å². The Kier molecular flexibility index (Phi) is 9.53. The van der Waals surface area contributed by atoms with Crippen molar-refractivity contribution in [1.29, 1.82) is 0 Å². The van der Waals surface area contributed by atoms with Crippen LogP contribution in [0.2, 0.25) is 0 Å². The average molecular weight is 547 g/mol. The molecule has 1 N–H and O–H groups in total. The number of rotatable bonds is 9. The molecular formula is C35H50N2O3. The number of nitrogens with one attached hydrogen (secondary N) is 1. The number of hydrogen-bond acceptors (Lipinski definition) is 4. The molecule has 0 bridgehead atoms. The van der Waals surface area contributed by atoms with E-state index in [2.05, 4.69) is 72.6 Å². The summed E-state index contributed by atoms with van der Waals surface area (Å²) >= 11 is 0. The molecule has 2 aromatic carbocycles. The van der Waals surface area contributed by atoms with Crippen LogP contribution in [0, 0.1) is 11.8 Å². The number of amides is 1. The molecule has 40 heavy (non-hydrogen) atoms. The maximum atomic E-state index is 14.1. The van der Waals surface area contributed by atoms with Crippen molar-refractivity contribution in [2.24, 2.45) is 11.8 Å². The number of nitrogens with zero attached hydrogens (tertiary/aromatic N) is 1. The molecule has 2 saturated carbocycles. The molecule has 3 fully saturated rings. The number of carbonyl (C=O) groups is 1. The number of methoxy groups -OCH3 is 2. The van der Waals surface area contributed by atoms with Crippen molar-refractivity contribution in [3.8, 4) is 5.75 Å². The van der Waals surface area contributed by atoms with Crippen LogP contribution in [0.1, 0.15) is 107 Å². The van der Waals surface area contributed by atoms with Crippen LogP contribution in [0.15, 0.2) is 48.5 Å². The summed E-state index contributed by atoms with van der Waals surface area (Å²) in [5.41, 5.74) is 3.44. The fraction of sp³-hybridized carbons (Fsp3) is 0.629. The Bertz CT molecular complexity index is 1100. The summed E-state index contributed by atoms with van der Waals surface area (Å²) in [7, 11) is 3.57. The largest absolute Gasteiger partial charge is 0.496 e. The van der Waals surface area contributed by atoms with Crippen LogP contribution in [0.25, 0.3) is 0 Å². The van der Waals surface area contributed by atoms with Crippen molar-refractivity contribution in [2.75, 3.05) is 20.8 Å². The van der Waals surface area contributed by atoms with E-state index in [4.69, 9.17) is 9.47 Å². The normalized spacial score (nSPS) is 24.8. The van der Waals surface area contributed by atoms with E-state index in [1.54, 1.807) is 14.2 Å². The van der Waals surface area contributed by atoms with Crippen molar-refractivity contribution in [2.45, 2.75) is 108 Å². The maximum absolute atomic E-state index is 14.1. The van der Waals surface area contributed by atoms with Gasteiger partial charge in [0.1, 0.15) is 5.75 Å². The highest BCUT2D eigenvalue weighted by Crippen LogP contribution is 2.44. The molecule has 1 aliphatic heterocycles. The molecule has 2 aliphatic carbocycles. The van der Waals surface area contributed by atoms with Crippen LogP contribution in [0.3, 0.4) is 0 Å². The highest BCUT2D eigenvalue weighted by Gasteiger charge is 2.51. The lowest BCUT2D eigenvalue weighted by Gasteiger charge is -2.36. The third kappa shape index (κ3) is 6.26. The molecule has 2 aromatic rings. The molecule has 0 spiro atoms. The van der Waals surface area contributed by atoms with Crippen LogP contribution in [-0.4, -0.2) is 43.2 Å². The van der Waals surface area contributed by atoms with Gasteiger partial charge in [-0.3, -0.25) is 4.79 Å². The van der Waals surface area contributed by atoms with Gasteiger partial charge in [0.2, 0.25) is 5.91 Å². The Hall–Kier alpha value is -2.37. The van der Waals surface area contributed by atoms with E-state index >= 15 is 0 Å². The second-order valence-corrected chi connectivity index (χ2v) is 12.9. The molecule has 0 radical (unpaired) electrons. The summed E-state index contributed by atoms with van der Waals surface area (Å²) in [4.78, 5) is 16.3.